The van der Waals surface area contributed by atoms with Gasteiger partial charge in [-0.25, -0.2) is 4.98 Å². The minimum Gasteiger partial charge on any atom is -0.370 e. The molecule has 0 amide bonds. The van der Waals surface area contributed by atoms with Gasteiger partial charge >= 0.3 is 0 Å². The van der Waals surface area contributed by atoms with Gasteiger partial charge in [0.15, 0.2) is 0 Å². The highest BCUT2D eigenvalue weighted by Crippen LogP contribution is 2.38. The molecule has 0 unspecified atom stereocenters. The van der Waals surface area contributed by atoms with Gasteiger partial charge in [-0.2, -0.15) is 9.78 Å². The number of nitrogens with zero attached hydrogens (tertiary/aromatic N) is 4. The maximum absolute atomic E-state index is 13.8. The largest absolute Gasteiger partial charge is 0.370 e. The van der Waals surface area contributed by atoms with Gasteiger partial charge in [0.2, 0.25) is 0 Å². The molecule has 1 saturated carbocycles. The van der Waals surface area contributed by atoms with E-state index in [-0.39, 0.29) is 11.2 Å². The number of ether oxygens (including phenoxy) is 1. The third kappa shape index (κ3) is 3.82. The van der Waals surface area contributed by atoms with E-state index in [0.717, 1.165) is 58.8 Å². The Morgan fingerprint density at radius 3 is 2.63 bits per heavy atom. The number of thiophene rings is 1. The number of hydrogen-bond donors (Lipinski definition) is 0. The SMILES string of the molecule is CC1(C)Cc2c(sc3nc(C4CCCCC4)n(N=CN4CCCCC4)c(=O)c23)CO1. The van der Waals surface area contributed by atoms with E-state index in [2.05, 4.69) is 18.7 Å². The molecule has 3 aliphatic rings. The van der Waals surface area contributed by atoms with Crippen LogP contribution in [0.15, 0.2) is 9.90 Å². The van der Waals surface area contributed by atoms with Gasteiger partial charge in [0, 0.05) is 30.3 Å². The molecule has 4 heterocycles. The number of rotatable bonds is 3. The van der Waals surface area contributed by atoms with Crippen LogP contribution in [0.3, 0.4) is 0 Å². The molecule has 7 heteroatoms. The molecule has 0 bridgehead atoms. The standard InChI is InChI=1S/C23H32N4O2S/c1-23(2)13-17-18(14-29-23)30-21-19(17)22(28)27(24-15-26-11-7-4-8-12-26)20(25-21)16-9-5-3-6-10-16/h15-16H,3-14H2,1-2H3. The zero-order chi connectivity index (χ0) is 20.7. The van der Waals surface area contributed by atoms with Gasteiger partial charge in [0.25, 0.3) is 5.56 Å². The van der Waals surface area contributed by atoms with Crippen molar-refractivity contribution in [3.05, 3.63) is 26.6 Å². The van der Waals surface area contributed by atoms with E-state index in [9.17, 15) is 4.79 Å². The van der Waals surface area contributed by atoms with Crippen LogP contribution in [0.5, 0.6) is 0 Å². The fourth-order valence-corrected chi connectivity index (χ4v) is 6.20. The van der Waals surface area contributed by atoms with Gasteiger partial charge in [-0.3, -0.25) is 4.79 Å². The summed E-state index contributed by atoms with van der Waals surface area (Å²) in [7, 11) is 0. The van der Waals surface area contributed by atoms with Crippen molar-refractivity contribution >= 4 is 27.9 Å². The van der Waals surface area contributed by atoms with E-state index in [1.165, 1.54) is 38.5 Å². The van der Waals surface area contributed by atoms with Gasteiger partial charge in [-0.15, -0.1) is 11.3 Å². The Balaban J connectivity index is 1.63. The van der Waals surface area contributed by atoms with Crippen molar-refractivity contribution in [2.75, 3.05) is 13.1 Å². The second-order valence-corrected chi connectivity index (χ2v) is 10.7. The summed E-state index contributed by atoms with van der Waals surface area (Å²) < 4.78 is 7.64. The van der Waals surface area contributed by atoms with Crippen LogP contribution in [0.4, 0.5) is 0 Å². The molecule has 30 heavy (non-hydrogen) atoms. The first kappa shape index (κ1) is 20.2. The van der Waals surface area contributed by atoms with Gasteiger partial charge in [0.05, 0.1) is 17.6 Å². The Hall–Kier alpha value is -1.73. The minimum absolute atomic E-state index is 0.00373. The summed E-state index contributed by atoms with van der Waals surface area (Å²) in [5, 5.41) is 5.50. The molecule has 162 valence electrons. The van der Waals surface area contributed by atoms with Crippen LogP contribution < -0.4 is 5.56 Å². The molecule has 0 radical (unpaired) electrons. The summed E-state index contributed by atoms with van der Waals surface area (Å²) in [5.74, 6) is 1.18. The molecule has 2 aromatic heterocycles. The van der Waals surface area contributed by atoms with Gasteiger partial charge in [0.1, 0.15) is 17.0 Å². The first-order chi connectivity index (χ1) is 14.5. The van der Waals surface area contributed by atoms with Crippen LogP contribution in [0, 0.1) is 0 Å². The summed E-state index contributed by atoms with van der Waals surface area (Å²) in [4.78, 5) is 23.1. The summed E-state index contributed by atoms with van der Waals surface area (Å²) in [5.41, 5.74) is 0.877. The van der Waals surface area contributed by atoms with Crippen LogP contribution in [0.2, 0.25) is 0 Å². The van der Waals surface area contributed by atoms with Crippen molar-refractivity contribution < 1.29 is 4.74 Å². The monoisotopic (exact) mass is 428 g/mol. The molecule has 0 N–H and O–H groups in total. The minimum atomic E-state index is -0.253. The lowest BCUT2D eigenvalue weighted by atomic mass is 9.88. The summed E-state index contributed by atoms with van der Waals surface area (Å²) in [6.45, 7) is 6.79. The third-order valence-electron chi connectivity index (χ3n) is 6.80. The van der Waals surface area contributed by atoms with Crippen molar-refractivity contribution in [3.63, 3.8) is 0 Å². The van der Waals surface area contributed by atoms with E-state index in [0.29, 0.717) is 12.5 Å². The third-order valence-corrected chi connectivity index (χ3v) is 7.90. The van der Waals surface area contributed by atoms with Gasteiger partial charge in [-0.1, -0.05) is 19.3 Å². The number of likely N-dealkylation sites (tertiary alicyclic amines) is 1. The molecule has 2 aliphatic heterocycles. The zero-order valence-electron chi connectivity index (χ0n) is 18.2. The molecule has 1 saturated heterocycles. The van der Waals surface area contributed by atoms with E-state index in [1.54, 1.807) is 16.0 Å². The van der Waals surface area contributed by atoms with Crippen molar-refractivity contribution in [2.45, 2.75) is 89.8 Å². The molecule has 1 aliphatic carbocycles. The Kier molecular flexibility index (Phi) is 5.44. The molecule has 0 aromatic carbocycles. The summed E-state index contributed by atoms with van der Waals surface area (Å²) in [6.07, 6.45) is 12.2. The summed E-state index contributed by atoms with van der Waals surface area (Å²) >= 11 is 1.64. The molecule has 6 nitrogen and oxygen atoms in total. The lowest BCUT2D eigenvalue weighted by Gasteiger charge is -2.30. The lowest BCUT2D eigenvalue weighted by Crippen LogP contribution is -2.33. The van der Waals surface area contributed by atoms with Crippen molar-refractivity contribution in [2.24, 2.45) is 5.10 Å². The highest BCUT2D eigenvalue weighted by molar-refractivity contribution is 7.18. The van der Waals surface area contributed by atoms with E-state index in [1.807, 2.05) is 6.34 Å². The first-order valence-corrected chi connectivity index (χ1v) is 12.3. The van der Waals surface area contributed by atoms with Gasteiger partial charge in [-0.05, 0) is 51.5 Å². The highest BCUT2D eigenvalue weighted by Gasteiger charge is 2.32. The van der Waals surface area contributed by atoms with Crippen molar-refractivity contribution in [1.82, 2.24) is 14.6 Å². The topological polar surface area (TPSA) is 59.7 Å². The number of piperidine rings is 1. The average Bonchev–Trinajstić information content (AvgIpc) is 3.11. The fourth-order valence-electron chi connectivity index (χ4n) is 5.09. The van der Waals surface area contributed by atoms with E-state index < -0.39 is 0 Å². The number of hydrogen-bond acceptors (Lipinski definition) is 5. The lowest BCUT2D eigenvalue weighted by molar-refractivity contribution is -0.0379. The Bertz CT molecular complexity index is 1010. The molecule has 0 atom stereocenters. The second-order valence-electron chi connectivity index (χ2n) is 9.66. The van der Waals surface area contributed by atoms with Crippen LogP contribution in [-0.2, 0) is 17.8 Å². The molecular weight excluding hydrogens is 396 g/mol. The Labute approximate surface area is 181 Å². The van der Waals surface area contributed by atoms with Gasteiger partial charge < -0.3 is 9.64 Å². The van der Waals surface area contributed by atoms with Crippen LogP contribution in [0.1, 0.15) is 87.4 Å². The first-order valence-electron chi connectivity index (χ1n) is 11.5. The van der Waals surface area contributed by atoms with E-state index >= 15 is 0 Å². The average molecular weight is 429 g/mol. The Morgan fingerprint density at radius 1 is 1.13 bits per heavy atom. The van der Waals surface area contributed by atoms with Crippen molar-refractivity contribution in [1.29, 1.82) is 0 Å². The molecular formula is C23H32N4O2S. The normalized spacial score (nSPS) is 22.7. The zero-order valence-corrected chi connectivity index (χ0v) is 19.0. The van der Waals surface area contributed by atoms with Crippen LogP contribution >= 0.6 is 11.3 Å². The fraction of sp³-hybridized carbons (Fsp3) is 0.696. The Morgan fingerprint density at radius 2 is 1.87 bits per heavy atom. The molecule has 2 fully saturated rings. The maximum Gasteiger partial charge on any atom is 0.283 e. The smallest absolute Gasteiger partial charge is 0.283 e. The highest BCUT2D eigenvalue weighted by atomic mass is 32.1. The van der Waals surface area contributed by atoms with E-state index in [4.69, 9.17) is 14.8 Å². The maximum atomic E-state index is 13.8. The van der Waals surface area contributed by atoms with Crippen LogP contribution in [-0.4, -0.2) is 39.6 Å². The predicted octanol–water partition coefficient (Wildman–Crippen LogP) is 4.63. The summed E-state index contributed by atoms with van der Waals surface area (Å²) in [6, 6.07) is 0. The number of aromatic nitrogens is 2. The quantitative estimate of drug-likeness (QED) is 0.528. The second kappa shape index (κ2) is 8.08. The molecule has 2 aromatic rings. The molecule has 0 spiro atoms. The van der Waals surface area contributed by atoms with Crippen molar-refractivity contribution in [3.8, 4) is 0 Å². The number of fused-ring (bicyclic) bond motifs is 3. The molecule has 5 rings (SSSR count). The van der Waals surface area contributed by atoms with Crippen LogP contribution in [0.25, 0.3) is 10.2 Å². The predicted molar refractivity (Wildman–Crippen MR) is 122 cm³/mol.